The van der Waals surface area contributed by atoms with Crippen LogP contribution in [0.5, 0.6) is 23.0 Å². The molecule has 0 saturated heterocycles. The number of esters is 2. The first-order valence-electron chi connectivity index (χ1n) is 24.1. The van der Waals surface area contributed by atoms with Gasteiger partial charge in [-0.3, -0.25) is 9.59 Å². The third kappa shape index (κ3) is 13.9. The molecule has 7 rings (SSSR count). The fourth-order valence-electron chi connectivity index (χ4n) is 8.71. The molecule has 2 N–H and O–H groups in total. The summed E-state index contributed by atoms with van der Waals surface area (Å²) in [7, 11) is 0. The van der Waals surface area contributed by atoms with Gasteiger partial charge in [0.25, 0.3) is 0 Å². The normalized spacial score (nSPS) is 16.3. The summed E-state index contributed by atoms with van der Waals surface area (Å²) >= 11 is 2.60. The minimum absolute atomic E-state index is 0.254. The van der Waals surface area contributed by atoms with Crippen molar-refractivity contribution >= 4 is 57.8 Å². The Morgan fingerprint density at radius 1 is 0.441 bits per heavy atom. The van der Waals surface area contributed by atoms with E-state index in [1.165, 1.54) is 74.0 Å². The van der Waals surface area contributed by atoms with E-state index in [2.05, 4.69) is 24.5 Å². The standard InChI is InChI=1S/C56H62N2O8S2/c1-3-5-7-9-11-13-35-63-43-27-19-39(20-28-43)49-51(53(59)57-41-23-31-45(32-24-41)65-55(61)47-17-15-37-67-47)50(40-21-29-44(30-22-40)64-36-14-12-10-8-6-4-2)52(49)54(60)58-42-25-33-46(34-26-42)66-56(62)48-18-16-38-68-48/h15-34,37-38,49-52H,3-14,35-36H2,1-2H3,(H,57,59)(H,58,60). The first-order valence-corrected chi connectivity index (χ1v) is 25.9. The van der Waals surface area contributed by atoms with Crippen molar-refractivity contribution in [3.63, 3.8) is 0 Å². The summed E-state index contributed by atoms with van der Waals surface area (Å²) in [5.74, 6) is -1.61. The van der Waals surface area contributed by atoms with E-state index in [0.717, 1.165) is 48.3 Å². The van der Waals surface area contributed by atoms with Gasteiger partial charge in [0.1, 0.15) is 32.8 Å². The molecule has 1 saturated carbocycles. The first kappa shape index (κ1) is 49.7. The van der Waals surface area contributed by atoms with Crippen molar-refractivity contribution in [1.82, 2.24) is 0 Å². The topological polar surface area (TPSA) is 129 Å². The molecule has 0 atom stereocenters. The number of amides is 2. The number of benzene rings is 4. The summed E-state index contributed by atoms with van der Waals surface area (Å²) < 4.78 is 23.4. The SMILES string of the molecule is CCCCCCCCOc1ccc(C2C(C(=O)Nc3ccc(OC(=O)c4cccs4)cc3)C(c3ccc(OCCCCCCCC)cc3)C2C(=O)Nc2ccc(OC(=O)c3cccs3)cc2)cc1. The number of carbonyl (C=O) groups excluding carboxylic acids is 4. The van der Waals surface area contributed by atoms with Crippen LogP contribution in [-0.4, -0.2) is 37.0 Å². The Hall–Kier alpha value is -6.24. The fraction of sp³-hybridized carbons (Fsp3) is 0.357. The van der Waals surface area contributed by atoms with E-state index in [1.54, 1.807) is 72.8 Å². The molecule has 12 heteroatoms. The van der Waals surface area contributed by atoms with Gasteiger partial charge in [-0.15, -0.1) is 22.7 Å². The predicted octanol–water partition coefficient (Wildman–Crippen LogP) is 14.1. The van der Waals surface area contributed by atoms with Crippen molar-refractivity contribution < 1.29 is 38.1 Å². The molecule has 0 aliphatic heterocycles. The number of nitrogens with one attached hydrogen (secondary N) is 2. The zero-order chi connectivity index (χ0) is 47.5. The number of thiophene rings is 2. The molecule has 4 aromatic carbocycles. The largest absolute Gasteiger partial charge is 0.494 e. The van der Waals surface area contributed by atoms with E-state index < -0.39 is 35.6 Å². The maximum Gasteiger partial charge on any atom is 0.353 e. The molecular formula is C56H62N2O8S2. The molecular weight excluding hydrogens is 893 g/mol. The van der Waals surface area contributed by atoms with E-state index in [1.807, 2.05) is 59.3 Å². The minimum Gasteiger partial charge on any atom is -0.494 e. The Kier molecular flexibility index (Phi) is 18.8. The van der Waals surface area contributed by atoms with Crippen LogP contribution in [0.4, 0.5) is 11.4 Å². The molecule has 2 aromatic heterocycles. The van der Waals surface area contributed by atoms with Gasteiger partial charge in [0.15, 0.2) is 0 Å². The average molecular weight is 955 g/mol. The maximum atomic E-state index is 14.8. The molecule has 6 aromatic rings. The van der Waals surface area contributed by atoms with Gasteiger partial charge in [0.2, 0.25) is 11.8 Å². The zero-order valence-corrected chi connectivity index (χ0v) is 40.6. The first-order chi connectivity index (χ1) is 33.3. The van der Waals surface area contributed by atoms with Crippen molar-refractivity contribution in [2.24, 2.45) is 11.8 Å². The highest BCUT2D eigenvalue weighted by Crippen LogP contribution is 2.58. The molecule has 0 radical (unpaired) electrons. The lowest BCUT2D eigenvalue weighted by Gasteiger charge is -2.50. The summed E-state index contributed by atoms with van der Waals surface area (Å²) in [6, 6.07) is 35.9. The van der Waals surface area contributed by atoms with Gasteiger partial charge < -0.3 is 29.6 Å². The van der Waals surface area contributed by atoms with Gasteiger partial charge in [-0.25, -0.2) is 9.59 Å². The lowest BCUT2D eigenvalue weighted by Crippen LogP contribution is -2.53. The highest BCUT2D eigenvalue weighted by molar-refractivity contribution is 7.12. The molecule has 68 heavy (non-hydrogen) atoms. The molecule has 2 heterocycles. The molecule has 2 amide bonds. The molecule has 1 fully saturated rings. The van der Waals surface area contributed by atoms with E-state index in [0.29, 0.717) is 45.8 Å². The summed E-state index contributed by atoms with van der Waals surface area (Å²) in [4.78, 5) is 55.8. The molecule has 0 bridgehead atoms. The van der Waals surface area contributed by atoms with Crippen LogP contribution in [-0.2, 0) is 9.59 Å². The minimum atomic E-state index is -0.661. The van der Waals surface area contributed by atoms with Gasteiger partial charge in [-0.1, -0.05) is 114 Å². The van der Waals surface area contributed by atoms with Crippen LogP contribution in [0.2, 0.25) is 0 Å². The molecule has 0 unspecified atom stereocenters. The summed E-state index contributed by atoms with van der Waals surface area (Å²) in [6.45, 7) is 5.66. The number of unbranched alkanes of at least 4 members (excludes halogenated alkanes) is 10. The Bertz CT molecular complexity index is 2290. The third-order valence-corrected chi connectivity index (χ3v) is 14.0. The molecule has 356 valence electrons. The Balaban J connectivity index is 1.13. The Morgan fingerprint density at radius 3 is 1.15 bits per heavy atom. The van der Waals surface area contributed by atoms with Crippen molar-refractivity contribution in [2.45, 2.75) is 103 Å². The number of hydrogen-bond acceptors (Lipinski definition) is 10. The quantitative estimate of drug-likeness (QED) is 0.0312. The third-order valence-electron chi connectivity index (χ3n) is 12.3. The van der Waals surface area contributed by atoms with Crippen molar-refractivity contribution in [3.05, 3.63) is 153 Å². The van der Waals surface area contributed by atoms with Crippen LogP contribution in [0, 0.1) is 11.8 Å². The van der Waals surface area contributed by atoms with Crippen LogP contribution in [0.3, 0.4) is 0 Å². The molecule has 1 aliphatic rings. The smallest absolute Gasteiger partial charge is 0.353 e. The van der Waals surface area contributed by atoms with Gasteiger partial charge in [-0.05, 0) is 120 Å². The second-order valence-corrected chi connectivity index (χ2v) is 19.1. The Morgan fingerprint density at radius 2 is 0.794 bits per heavy atom. The van der Waals surface area contributed by atoms with E-state index in [4.69, 9.17) is 18.9 Å². The van der Waals surface area contributed by atoms with Crippen LogP contribution >= 0.6 is 22.7 Å². The number of hydrogen-bond donors (Lipinski definition) is 2. The van der Waals surface area contributed by atoms with E-state index in [9.17, 15) is 19.2 Å². The molecule has 10 nitrogen and oxygen atoms in total. The number of ether oxygens (including phenoxy) is 4. The fourth-order valence-corrected chi connectivity index (χ4v) is 9.91. The van der Waals surface area contributed by atoms with Gasteiger partial charge in [0.05, 0.1) is 25.0 Å². The number of rotatable bonds is 26. The lowest BCUT2D eigenvalue weighted by atomic mass is 9.52. The monoisotopic (exact) mass is 954 g/mol. The van der Waals surface area contributed by atoms with Gasteiger partial charge in [-0.2, -0.15) is 0 Å². The zero-order valence-electron chi connectivity index (χ0n) is 39.0. The van der Waals surface area contributed by atoms with Gasteiger partial charge in [0, 0.05) is 23.2 Å². The van der Waals surface area contributed by atoms with E-state index >= 15 is 0 Å². The molecule has 1 aliphatic carbocycles. The highest BCUT2D eigenvalue weighted by atomic mass is 32.1. The maximum absolute atomic E-state index is 14.8. The Labute approximate surface area is 408 Å². The van der Waals surface area contributed by atoms with E-state index in [-0.39, 0.29) is 11.8 Å². The van der Waals surface area contributed by atoms with Crippen molar-refractivity contribution in [1.29, 1.82) is 0 Å². The van der Waals surface area contributed by atoms with Crippen LogP contribution in [0.15, 0.2) is 132 Å². The second kappa shape index (κ2) is 25.8. The number of carbonyl (C=O) groups is 4. The predicted molar refractivity (Wildman–Crippen MR) is 272 cm³/mol. The van der Waals surface area contributed by atoms with Crippen molar-refractivity contribution in [3.8, 4) is 23.0 Å². The van der Waals surface area contributed by atoms with Crippen molar-refractivity contribution in [2.75, 3.05) is 23.8 Å². The van der Waals surface area contributed by atoms with Crippen LogP contribution in [0.1, 0.15) is 133 Å². The second-order valence-electron chi connectivity index (χ2n) is 17.2. The highest BCUT2D eigenvalue weighted by Gasteiger charge is 2.58. The van der Waals surface area contributed by atoms with Crippen LogP contribution in [0.25, 0.3) is 0 Å². The number of anilines is 2. The lowest BCUT2D eigenvalue weighted by molar-refractivity contribution is -0.134. The van der Waals surface area contributed by atoms with Gasteiger partial charge >= 0.3 is 11.9 Å². The summed E-state index contributed by atoms with van der Waals surface area (Å²) in [6.07, 6.45) is 14.0. The molecule has 0 spiro atoms. The summed E-state index contributed by atoms with van der Waals surface area (Å²) in [5.41, 5.74) is 2.71. The van der Waals surface area contributed by atoms with Crippen LogP contribution < -0.4 is 29.6 Å². The summed E-state index contributed by atoms with van der Waals surface area (Å²) in [5, 5.41) is 9.87. The average Bonchev–Trinajstić information content (AvgIpc) is 4.10.